The van der Waals surface area contributed by atoms with E-state index < -0.39 is 0 Å². The summed E-state index contributed by atoms with van der Waals surface area (Å²) in [6.07, 6.45) is 6.39. The monoisotopic (exact) mass is 317 g/mol. The largest absolute Gasteiger partial charge is 0.360 e. The minimum Gasteiger partial charge on any atom is -0.360 e. The molecule has 3 nitrogen and oxygen atoms in total. The second-order valence-corrected chi connectivity index (χ2v) is 6.60. The summed E-state index contributed by atoms with van der Waals surface area (Å²) in [6.45, 7) is 0. The van der Waals surface area contributed by atoms with Gasteiger partial charge in [0.2, 0.25) is 0 Å². The number of aromatic nitrogens is 1. The van der Waals surface area contributed by atoms with Crippen LogP contribution >= 0.6 is 23.6 Å². The number of rotatable bonds is 3. The first kappa shape index (κ1) is 14.5. The van der Waals surface area contributed by atoms with Crippen molar-refractivity contribution in [2.75, 3.05) is 5.32 Å². The topological polar surface area (TPSA) is 37.0 Å². The lowest BCUT2D eigenvalue weighted by molar-refractivity contribution is 0.415. The predicted octanol–water partition coefficient (Wildman–Crippen LogP) is 4.43. The summed E-state index contributed by atoms with van der Waals surface area (Å²) in [6, 6.07) is 10.7. The molecule has 0 amide bonds. The van der Waals surface area contributed by atoms with Gasteiger partial charge in [0.05, 0.1) is 5.69 Å². The minimum absolute atomic E-state index is 0.521. The fourth-order valence-electron chi connectivity index (χ4n) is 2.64. The lowest BCUT2D eigenvalue weighted by atomic mass is 9.96. The van der Waals surface area contributed by atoms with Gasteiger partial charge in [0.1, 0.15) is 0 Å². The van der Waals surface area contributed by atoms with E-state index in [1.807, 2.05) is 18.2 Å². The zero-order valence-electron chi connectivity index (χ0n) is 11.8. The molecule has 1 heterocycles. The molecule has 110 valence electrons. The maximum absolute atomic E-state index is 5.39. The molecule has 1 aromatic carbocycles. The highest BCUT2D eigenvalue weighted by Crippen LogP contribution is 2.24. The van der Waals surface area contributed by atoms with Crippen molar-refractivity contribution in [3.8, 4) is 11.3 Å². The van der Waals surface area contributed by atoms with Crippen LogP contribution in [0.1, 0.15) is 32.1 Å². The first-order chi connectivity index (χ1) is 10.3. The number of nitrogens with one attached hydrogen (secondary N) is 2. The molecule has 0 atom stereocenters. The molecule has 0 unspecified atom stereocenters. The molecule has 1 aliphatic carbocycles. The third-order valence-electron chi connectivity index (χ3n) is 3.73. The van der Waals surface area contributed by atoms with Crippen LogP contribution in [0.25, 0.3) is 11.3 Å². The molecule has 1 aromatic heterocycles. The van der Waals surface area contributed by atoms with E-state index in [0.29, 0.717) is 11.2 Å². The van der Waals surface area contributed by atoms with E-state index in [2.05, 4.69) is 33.1 Å². The number of thiazole rings is 1. The fourth-order valence-corrected chi connectivity index (χ4v) is 3.69. The van der Waals surface area contributed by atoms with Crippen LogP contribution in [0.4, 0.5) is 5.13 Å². The molecule has 21 heavy (non-hydrogen) atoms. The Morgan fingerprint density at radius 2 is 1.90 bits per heavy atom. The van der Waals surface area contributed by atoms with E-state index in [1.54, 1.807) is 11.3 Å². The maximum Gasteiger partial charge on any atom is 0.189 e. The zero-order valence-corrected chi connectivity index (χ0v) is 13.5. The van der Waals surface area contributed by atoms with E-state index in [1.165, 1.54) is 32.1 Å². The number of anilines is 1. The Kier molecular flexibility index (Phi) is 4.83. The second-order valence-electron chi connectivity index (χ2n) is 5.34. The van der Waals surface area contributed by atoms with E-state index in [9.17, 15) is 0 Å². The van der Waals surface area contributed by atoms with Gasteiger partial charge in [-0.3, -0.25) is 0 Å². The molecule has 3 rings (SSSR count). The molecule has 0 spiro atoms. The fraction of sp³-hybridized carbons (Fsp3) is 0.375. The van der Waals surface area contributed by atoms with Gasteiger partial charge >= 0.3 is 0 Å². The molecule has 0 radical (unpaired) electrons. The molecule has 1 saturated carbocycles. The number of hydrogen-bond donors (Lipinski definition) is 2. The third kappa shape index (κ3) is 4.02. The number of benzene rings is 1. The van der Waals surface area contributed by atoms with Crippen LogP contribution in [0.5, 0.6) is 0 Å². The highest BCUT2D eigenvalue weighted by Gasteiger charge is 2.14. The standard InChI is InChI=1S/C16H19N3S2/c20-15(17-13-9-5-2-6-10-13)19-16-18-14(11-21-16)12-7-3-1-4-8-12/h1,3-4,7-8,11,13H,2,5-6,9-10H2,(H2,17,18,19,20). The van der Waals surface area contributed by atoms with Crippen LogP contribution in [-0.4, -0.2) is 16.1 Å². The smallest absolute Gasteiger partial charge is 0.189 e. The lowest BCUT2D eigenvalue weighted by Crippen LogP contribution is -2.38. The Hall–Kier alpha value is -1.46. The van der Waals surface area contributed by atoms with Crippen molar-refractivity contribution in [2.24, 2.45) is 0 Å². The molecular weight excluding hydrogens is 298 g/mol. The van der Waals surface area contributed by atoms with Crippen LogP contribution in [0.15, 0.2) is 35.7 Å². The third-order valence-corrected chi connectivity index (χ3v) is 4.71. The van der Waals surface area contributed by atoms with Crippen LogP contribution in [-0.2, 0) is 0 Å². The van der Waals surface area contributed by atoms with Crippen molar-refractivity contribution in [3.63, 3.8) is 0 Å². The lowest BCUT2D eigenvalue weighted by Gasteiger charge is -2.23. The van der Waals surface area contributed by atoms with Gasteiger partial charge in [-0.25, -0.2) is 4.98 Å². The Bertz CT molecular complexity index is 589. The van der Waals surface area contributed by atoms with Crippen LogP contribution in [0.3, 0.4) is 0 Å². The molecule has 1 fully saturated rings. The van der Waals surface area contributed by atoms with Crippen molar-refractivity contribution in [1.82, 2.24) is 10.3 Å². The van der Waals surface area contributed by atoms with Crippen LogP contribution in [0, 0.1) is 0 Å². The normalized spacial score (nSPS) is 15.6. The molecule has 5 heteroatoms. The second kappa shape index (κ2) is 7.00. The summed E-state index contributed by atoms with van der Waals surface area (Å²) < 4.78 is 0. The summed E-state index contributed by atoms with van der Waals surface area (Å²) in [7, 11) is 0. The molecule has 0 saturated heterocycles. The Labute approximate surface area is 134 Å². The Morgan fingerprint density at radius 1 is 1.14 bits per heavy atom. The quantitative estimate of drug-likeness (QED) is 0.821. The van der Waals surface area contributed by atoms with Crippen LogP contribution < -0.4 is 10.6 Å². The predicted molar refractivity (Wildman–Crippen MR) is 93.8 cm³/mol. The minimum atomic E-state index is 0.521. The van der Waals surface area contributed by atoms with E-state index >= 15 is 0 Å². The molecular formula is C16H19N3S2. The highest BCUT2D eigenvalue weighted by atomic mass is 32.1. The summed E-state index contributed by atoms with van der Waals surface area (Å²) in [5.41, 5.74) is 2.12. The van der Waals surface area contributed by atoms with Gasteiger partial charge in [-0.15, -0.1) is 11.3 Å². The highest BCUT2D eigenvalue weighted by molar-refractivity contribution is 7.80. The van der Waals surface area contributed by atoms with Crippen molar-refractivity contribution in [3.05, 3.63) is 35.7 Å². The molecule has 0 aliphatic heterocycles. The molecule has 0 bridgehead atoms. The van der Waals surface area contributed by atoms with Crippen molar-refractivity contribution >= 4 is 33.8 Å². The Morgan fingerprint density at radius 3 is 2.67 bits per heavy atom. The number of nitrogens with zero attached hydrogens (tertiary/aromatic N) is 1. The van der Waals surface area contributed by atoms with Crippen LogP contribution in [0.2, 0.25) is 0 Å². The van der Waals surface area contributed by atoms with Crippen molar-refractivity contribution in [2.45, 2.75) is 38.1 Å². The van der Waals surface area contributed by atoms with Gasteiger partial charge < -0.3 is 10.6 Å². The van der Waals surface area contributed by atoms with Crippen molar-refractivity contribution in [1.29, 1.82) is 0 Å². The Balaban J connectivity index is 1.58. The SMILES string of the molecule is S=C(Nc1nc(-c2ccccc2)cs1)NC1CCCCC1. The summed E-state index contributed by atoms with van der Waals surface area (Å²) >= 11 is 6.97. The van der Waals surface area contributed by atoms with E-state index in [4.69, 9.17) is 12.2 Å². The van der Waals surface area contributed by atoms with E-state index in [-0.39, 0.29) is 0 Å². The zero-order chi connectivity index (χ0) is 14.5. The van der Waals surface area contributed by atoms with Gasteiger partial charge in [-0.2, -0.15) is 0 Å². The summed E-state index contributed by atoms with van der Waals surface area (Å²) in [4.78, 5) is 4.59. The first-order valence-electron chi connectivity index (χ1n) is 7.40. The summed E-state index contributed by atoms with van der Waals surface area (Å²) in [5, 5.41) is 10.2. The van der Waals surface area contributed by atoms with Gasteiger partial charge in [0.25, 0.3) is 0 Å². The van der Waals surface area contributed by atoms with E-state index in [0.717, 1.165) is 16.4 Å². The number of thiocarbonyl (C=S) groups is 1. The maximum atomic E-state index is 5.39. The van der Waals surface area contributed by atoms with Gasteiger partial charge in [0, 0.05) is 17.0 Å². The van der Waals surface area contributed by atoms with Crippen molar-refractivity contribution < 1.29 is 0 Å². The van der Waals surface area contributed by atoms with Gasteiger partial charge in [-0.1, -0.05) is 49.6 Å². The average Bonchev–Trinajstić information content (AvgIpc) is 2.97. The molecule has 2 N–H and O–H groups in total. The van der Waals surface area contributed by atoms with Gasteiger partial charge in [-0.05, 0) is 25.1 Å². The number of hydrogen-bond acceptors (Lipinski definition) is 3. The molecule has 1 aliphatic rings. The summed E-state index contributed by atoms with van der Waals surface area (Å²) in [5.74, 6) is 0. The molecule has 2 aromatic rings. The van der Waals surface area contributed by atoms with Gasteiger partial charge in [0.15, 0.2) is 10.2 Å². The average molecular weight is 317 g/mol. The first-order valence-corrected chi connectivity index (χ1v) is 8.68.